The van der Waals surface area contributed by atoms with Crippen LogP contribution in [0.2, 0.25) is 0 Å². The maximum absolute atomic E-state index is 13.0. The van der Waals surface area contributed by atoms with E-state index in [1.807, 2.05) is 20.8 Å². The van der Waals surface area contributed by atoms with Gasteiger partial charge in [-0.2, -0.15) is 0 Å². The van der Waals surface area contributed by atoms with Crippen molar-refractivity contribution in [1.29, 1.82) is 0 Å². The van der Waals surface area contributed by atoms with Crippen molar-refractivity contribution in [3.63, 3.8) is 0 Å². The van der Waals surface area contributed by atoms with E-state index in [9.17, 15) is 4.79 Å². The minimum absolute atomic E-state index is 0.0401. The third-order valence-corrected chi connectivity index (χ3v) is 11.6. The number of ether oxygens (including phenoxy) is 2. The summed E-state index contributed by atoms with van der Waals surface area (Å²) >= 11 is 0. The second-order valence-electron chi connectivity index (χ2n) is 23.6. The van der Waals surface area contributed by atoms with Crippen molar-refractivity contribution in [2.24, 2.45) is 0 Å². The van der Waals surface area contributed by atoms with Gasteiger partial charge in [0.25, 0.3) is 0 Å². The molecule has 0 unspecified atom stereocenters. The summed E-state index contributed by atoms with van der Waals surface area (Å²) in [6.45, 7) is 46.1. The Morgan fingerprint density at radius 1 is 0.552 bits per heavy atom. The van der Waals surface area contributed by atoms with Crippen molar-refractivity contribution in [3.8, 4) is 17.2 Å². The fourth-order valence-corrected chi connectivity index (χ4v) is 8.24. The molecule has 0 amide bonds. The lowest BCUT2D eigenvalue weighted by Crippen LogP contribution is -2.28. The highest BCUT2D eigenvalue weighted by Crippen LogP contribution is 2.53. The molecular formula is C51H77O6P. The standard InChI is InChI=1S/C51H77O6P/c1-45(2,3)35-28-33-27-34-29-36(46(4,5)6)31-40(50(16,17)18)42(34)57-58(56-41(33)39(30-35)49(13,14)15)53-24-22-23-32-25-37(47(7,8)9)43(38(26-32)48(10,11)12)54-44(52)55-51(19,20)21/h25-26,28-31H,22-24,27H2,1-21H3. The summed E-state index contributed by atoms with van der Waals surface area (Å²) in [4.78, 5) is 13.0. The van der Waals surface area contributed by atoms with Crippen LogP contribution >= 0.6 is 8.60 Å². The molecule has 322 valence electrons. The molecule has 1 aliphatic heterocycles. The van der Waals surface area contributed by atoms with Gasteiger partial charge in [-0.3, -0.25) is 4.52 Å². The van der Waals surface area contributed by atoms with Crippen LogP contribution in [0.5, 0.6) is 17.2 Å². The minimum atomic E-state index is -1.82. The molecule has 1 heterocycles. The summed E-state index contributed by atoms with van der Waals surface area (Å²) in [5.74, 6) is 2.33. The average Bonchev–Trinajstić information content (AvgIpc) is 2.99. The second-order valence-corrected chi connectivity index (χ2v) is 24.7. The van der Waals surface area contributed by atoms with Crippen molar-refractivity contribution >= 4 is 14.8 Å². The van der Waals surface area contributed by atoms with E-state index in [1.165, 1.54) is 33.4 Å². The first-order valence-corrected chi connectivity index (χ1v) is 22.4. The van der Waals surface area contributed by atoms with Crippen LogP contribution in [0, 0.1) is 0 Å². The molecule has 0 N–H and O–H groups in total. The van der Waals surface area contributed by atoms with Gasteiger partial charge in [-0.05, 0) is 93.9 Å². The van der Waals surface area contributed by atoms with Crippen LogP contribution < -0.4 is 13.8 Å². The molecule has 0 aliphatic carbocycles. The quantitative estimate of drug-likeness (QED) is 0.107. The zero-order valence-corrected chi connectivity index (χ0v) is 41.1. The molecule has 7 heteroatoms. The second kappa shape index (κ2) is 16.4. The number of carbonyl (C=O) groups excluding carboxylic acids is 1. The molecule has 58 heavy (non-hydrogen) atoms. The van der Waals surface area contributed by atoms with E-state index in [2.05, 4.69) is 161 Å². The SMILES string of the molecule is CC(C)(C)OC(=O)Oc1c(C(C)(C)C)cc(CCCOP2Oc3c(cc(C(C)(C)C)cc3C(C)(C)C)Cc3cc(C(C)(C)C)cc(C(C)(C)C)c3O2)cc1C(C)(C)C. The lowest BCUT2D eigenvalue weighted by molar-refractivity contribution is 0.0199. The maximum Gasteiger partial charge on any atom is 0.514 e. The third kappa shape index (κ3) is 12.0. The third-order valence-electron chi connectivity index (χ3n) is 10.5. The molecule has 3 aromatic carbocycles. The van der Waals surface area contributed by atoms with E-state index < -0.39 is 20.4 Å². The molecule has 6 nitrogen and oxygen atoms in total. The van der Waals surface area contributed by atoms with Crippen LogP contribution in [0.3, 0.4) is 0 Å². The first-order chi connectivity index (χ1) is 26.1. The maximum atomic E-state index is 13.0. The predicted molar refractivity (Wildman–Crippen MR) is 244 cm³/mol. The zero-order chi connectivity index (χ0) is 44.2. The van der Waals surface area contributed by atoms with Gasteiger partial charge in [0.1, 0.15) is 22.8 Å². The Labute approximate surface area is 354 Å². The van der Waals surface area contributed by atoms with E-state index >= 15 is 0 Å². The Kier molecular flexibility index (Phi) is 13.5. The number of rotatable bonds is 6. The van der Waals surface area contributed by atoms with Crippen LogP contribution in [0.15, 0.2) is 36.4 Å². The van der Waals surface area contributed by atoms with Gasteiger partial charge < -0.3 is 18.5 Å². The summed E-state index contributed by atoms with van der Waals surface area (Å²) in [5, 5.41) is 0. The zero-order valence-electron chi connectivity index (χ0n) is 40.2. The van der Waals surface area contributed by atoms with Crippen molar-refractivity contribution in [3.05, 3.63) is 86.5 Å². The highest BCUT2D eigenvalue weighted by molar-refractivity contribution is 7.42. The number of aryl methyl sites for hydroxylation is 1. The van der Waals surface area contributed by atoms with Crippen LogP contribution in [0.1, 0.15) is 202 Å². The van der Waals surface area contributed by atoms with E-state index in [0.29, 0.717) is 18.8 Å². The van der Waals surface area contributed by atoms with Gasteiger partial charge in [0.2, 0.25) is 0 Å². The fourth-order valence-electron chi connectivity index (χ4n) is 7.09. The molecule has 0 bridgehead atoms. The number of hydrogen-bond donors (Lipinski definition) is 0. The molecule has 0 spiro atoms. The Bertz CT molecular complexity index is 1840. The van der Waals surface area contributed by atoms with Gasteiger partial charge in [-0.15, -0.1) is 0 Å². The molecule has 3 aromatic rings. The number of fused-ring (bicyclic) bond motifs is 2. The lowest BCUT2D eigenvalue weighted by atomic mass is 9.76. The van der Waals surface area contributed by atoms with Gasteiger partial charge in [0.15, 0.2) is 0 Å². The summed E-state index contributed by atoms with van der Waals surface area (Å²) < 4.78 is 32.4. The van der Waals surface area contributed by atoms with Gasteiger partial charge in [-0.25, -0.2) is 4.79 Å². The summed E-state index contributed by atoms with van der Waals surface area (Å²) in [5.41, 5.74) is 8.69. The van der Waals surface area contributed by atoms with Crippen LogP contribution in [-0.2, 0) is 54.6 Å². The van der Waals surface area contributed by atoms with Gasteiger partial charge in [-0.1, -0.05) is 161 Å². The highest BCUT2D eigenvalue weighted by atomic mass is 31.2. The minimum Gasteiger partial charge on any atom is -0.428 e. The summed E-state index contributed by atoms with van der Waals surface area (Å²) in [7, 11) is -1.82. The molecule has 0 saturated carbocycles. The van der Waals surface area contributed by atoms with Crippen molar-refractivity contribution in [2.75, 3.05) is 6.61 Å². The molecule has 0 radical (unpaired) electrons. The molecule has 1 aliphatic rings. The van der Waals surface area contributed by atoms with Crippen LogP contribution in [-0.4, -0.2) is 18.4 Å². The van der Waals surface area contributed by atoms with E-state index in [-0.39, 0.29) is 32.5 Å². The Morgan fingerprint density at radius 2 is 0.948 bits per heavy atom. The number of hydrogen-bond acceptors (Lipinski definition) is 6. The Balaban J connectivity index is 1.78. The van der Waals surface area contributed by atoms with E-state index in [1.54, 1.807) is 0 Å². The fraction of sp³-hybridized carbons (Fsp3) is 0.627. The molecule has 0 atom stereocenters. The lowest BCUT2D eigenvalue weighted by Gasteiger charge is -2.34. The van der Waals surface area contributed by atoms with Gasteiger partial charge in [0.05, 0.1) is 6.61 Å². The molecule has 0 fully saturated rings. The molecule has 0 aromatic heterocycles. The largest absolute Gasteiger partial charge is 0.514 e. The van der Waals surface area contributed by atoms with Gasteiger partial charge in [0, 0.05) is 28.7 Å². The highest BCUT2D eigenvalue weighted by Gasteiger charge is 2.36. The molecular weight excluding hydrogens is 740 g/mol. The number of benzene rings is 3. The number of carbonyl (C=O) groups is 1. The topological polar surface area (TPSA) is 63.2 Å². The Hall–Kier alpha value is -3.08. The van der Waals surface area contributed by atoms with E-state index in [4.69, 9.17) is 23.0 Å². The van der Waals surface area contributed by atoms with Crippen LogP contribution in [0.4, 0.5) is 4.79 Å². The average molecular weight is 817 g/mol. The molecule has 4 rings (SSSR count). The summed E-state index contributed by atoms with van der Waals surface area (Å²) in [6, 6.07) is 13.7. The Morgan fingerprint density at radius 3 is 1.29 bits per heavy atom. The van der Waals surface area contributed by atoms with Crippen molar-refractivity contribution < 1.29 is 27.8 Å². The first kappa shape index (κ1) is 47.6. The molecule has 0 saturated heterocycles. The smallest absolute Gasteiger partial charge is 0.428 e. The van der Waals surface area contributed by atoms with E-state index in [0.717, 1.165) is 41.0 Å². The van der Waals surface area contributed by atoms with Crippen LogP contribution in [0.25, 0.3) is 0 Å². The summed E-state index contributed by atoms with van der Waals surface area (Å²) in [6.07, 6.45) is 1.52. The normalized spacial score (nSPS) is 14.8. The van der Waals surface area contributed by atoms with Crippen molar-refractivity contribution in [1.82, 2.24) is 0 Å². The van der Waals surface area contributed by atoms with Gasteiger partial charge >= 0.3 is 14.8 Å². The monoisotopic (exact) mass is 817 g/mol. The van der Waals surface area contributed by atoms with Crippen molar-refractivity contribution in [2.45, 2.75) is 203 Å². The predicted octanol–water partition coefficient (Wildman–Crippen LogP) is 15.0. The first-order valence-electron chi connectivity index (χ1n) is 21.3.